The lowest BCUT2D eigenvalue weighted by Crippen LogP contribution is -2.27. The molecule has 0 aliphatic carbocycles. The smallest absolute Gasteiger partial charge is 0.429 e. The molecular weight excluding hydrogens is 400 g/mol. The second-order valence-electron chi connectivity index (χ2n) is 6.63. The van der Waals surface area contributed by atoms with Crippen LogP contribution in [-0.2, 0) is 11.3 Å². The predicted octanol–water partition coefficient (Wildman–Crippen LogP) is 6.17. The molecule has 0 saturated carbocycles. The van der Waals surface area contributed by atoms with E-state index in [0.717, 1.165) is 5.56 Å². The number of hydrogen-bond donors (Lipinski definition) is 0. The molecule has 0 spiro atoms. The van der Waals surface area contributed by atoms with Crippen molar-refractivity contribution in [3.05, 3.63) is 101 Å². The summed E-state index contributed by atoms with van der Waals surface area (Å²) < 4.78 is 64.7. The molecule has 0 fully saturated rings. The first kappa shape index (κ1) is 21.4. The fourth-order valence-electron chi connectivity index (χ4n) is 2.78. The standard InChI is InChI=1S/C23H18F4O3/c1-15-6-8-16(9-7-15)22(28)30-21(23(25,26)27)20-5-3-2-4-17(20)14-29-19-12-10-18(24)11-13-19/h2-13,21H,14H2,1H3. The van der Waals surface area contributed by atoms with E-state index in [0.29, 0.717) is 5.75 Å². The number of hydrogen-bond acceptors (Lipinski definition) is 3. The Labute approximate surface area is 170 Å². The third-order valence-corrected chi connectivity index (χ3v) is 4.35. The molecule has 0 amide bonds. The maximum Gasteiger partial charge on any atom is 0.429 e. The molecule has 0 saturated heterocycles. The topological polar surface area (TPSA) is 35.5 Å². The Morgan fingerprint density at radius 3 is 2.20 bits per heavy atom. The molecule has 1 unspecified atom stereocenters. The molecule has 0 aliphatic rings. The molecule has 3 aromatic rings. The van der Waals surface area contributed by atoms with Crippen LogP contribution in [-0.4, -0.2) is 12.1 Å². The normalized spacial score (nSPS) is 12.3. The number of rotatable bonds is 6. The fourth-order valence-corrected chi connectivity index (χ4v) is 2.78. The molecule has 0 aliphatic heterocycles. The molecule has 156 valence electrons. The Kier molecular flexibility index (Phi) is 6.40. The average Bonchev–Trinajstić information content (AvgIpc) is 2.71. The van der Waals surface area contributed by atoms with Gasteiger partial charge in [0.2, 0.25) is 6.10 Å². The van der Waals surface area contributed by atoms with E-state index in [2.05, 4.69) is 0 Å². The van der Waals surface area contributed by atoms with E-state index in [4.69, 9.17) is 9.47 Å². The lowest BCUT2D eigenvalue weighted by Gasteiger charge is -2.23. The summed E-state index contributed by atoms with van der Waals surface area (Å²) in [5.74, 6) is -1.24. The van der Waals surface area contributed by atoms with Crippen molar-refractivity contribution < 1.29 is 31.8 Å². The first-order valence-corrected chi connectivity index (χ1v) is 9.04. The molecule has 0 bridgehead atoms. The van der Waals surface area contributed by atoms with Crippen molar-refractivity contribution in [1.29, 1.82) is 0 Å². The van der Waals surface area contributed by atoms with E-state index >= 15 is 0 Å². The minimum Gasteiger partial charge on any atom is -0.489 e. The number of carbonyl (C=O) groups excluding carboxylic acids is 1. The lowest BCUT2D eigenvalue weighted by molar-refractivity contribution is -0.207. The van der Waals surface area contributed by atoms with E-state index in [1.54, 1.807) is 25.1 Å². The van der Waals surface area contributed by atoms with Crippen molar-refractivity contribution >= 4 is 5.97 Å². The summed E-state index contributed by atoms with van der Waals surface area (Å²) in [6, 6.07) is 16.8. The zero-order chi connectivity index (χ0) is 21.7. The highest BCUT2D eigenvalue weighted by molar-refractivity contribution is 5.89. The van der Waals surface area contributed by atoms with Crippen LogP contribution in [0.2, 0.25) is 0 Å². The van der Waals surface area contributed by atoms with Crippen molar-refractivity contribution in [3.63, 3.8) is 0 Å². The summed E-state index contributed by atoms with van der Waals surface area (Å²) >= 11 is 0. The monoisotopic (exact) mass is 418 g/mol. The van der Waals surface area contributed by atoms with Crippen molar-refractivity contribution in [2.75, 3.05) is 0 Å². The summed E-state index contributed by atoms with van der Waals surface area (Å²) in [6.07, 6.45) is -7.29. The Morgan fingerprint density at radius 1 is 0.933 bits per heavy atom. The summed E-state index contributed by atoms with van der Waals surface area (Å²) in [4.78, 5) is 12.3. The van der Waals surface area contributed by atoms with Crippen LogP contribution in [0.15, 0.2) is 72.8 Å². The van der Waals surface area contributed by atoms with Crippen molar-refractivity contribution in [1.82, 2.24) is 0 Å². The minimum atomic E-state index is -4.83. The molecule has 0 heterocycles. The SMILES string of the molecule is Cc1ccc(C(=O)OC(c2ccccc2COc2ccc(F)cc2)C(F)(F)F)cc1. The maximum absolute atomic E-state index is 13.8. The Morgan fingerprint density at radius 2 is 1.57 bits per heavy atom. The Balaban J connectivity index is 1.84. The number of aryl methyl sites for hydroxylation is 1. The fraction of sp³-hybridized carbons (Fsp3) is 0.174. The number of esters is 1. The quantitative estimate of drug-likeness (QED) is 0.355. The van der Waals surface area contributed by atoms with E-state index in [-0.39, 0.29) is 23.3 Å². The van der Waals surface area contributed by atoms with E-state index in [1.807, 2.05) is 0 Å². The number of ether oxygens (including phenoxy) is 2. The first-order chi connectivity index (χ1) is 14.2. The van der Waals surface area contributed by atoms with Gasteiger partial charge in [-0.15, -0.1) is 0 Å². The van der Waals surface area contributed by atoms with Gasteiger partial charge in [0.15, 0.2) is 0 Å². The summed E-state index contributed by atoms with van der Waals surface area (Å²) in [7, 11) is 0. The van der Waals surface area contributed by atoms with E-state index < -0.39 is 24.1 Å². The van der Waals surface area contributed by atoms with Gasteiger partial charge in [-0.1, -0.05) is 42.0 Å². The minimum absolute atomic E-state index is 0.0230. The van der Waals surface area contributed by atoms with Crippen LogP contribution >= 0.6 is 0 Å². The zero-order valence-corrected chi connectivity index (χ0v) is 15.9. The van der Waals surface area contributed by atoms with Crippen molar-refractivity contribution in [3.8, 4) is 5.75 Å². The van der Waals surface area contributed by atoms with Gasteiger partial charge in [0.1, 0.15) is 18.2 Å². The molecule has 3 nitrogen and oxygen atoms in total. The zero-order valence-electron chi connectivity index (χ0n) is 15.9. The lowest BCUT2D eigenvalue weighted by atomic mass is 10.0. The van der Waals surface area contributed by atoms with Crippen molar-refractivity contribution in [2.45, 2.75) is 25.8 Å². The summed E-state index contributed by atoms with van der Waals surface area (Å²) in [5, 5.41) is 0. The highest BCUT2D eigenvalue weighted by atomic mass is 19.4. The van der Waals surface area contributed by atoms with Crippen molar-refractivity contribution in [2.24, 2.45) is 0 Å². The van der Waals surface area contributed by atoms with Gasteiger partial charge < -0.3 is 9.47 Å². The van der Waals surface area contributed by atoms with Crippen LogP contribution in [0.5, 0.6) is 5.75 Å². The number of benzene rings is 3. The second kappa shape index (κ2) is 8.98. The third-order valence-electron chi connectivity index (χ3n) is 4.35. The number of halogens is 4. The third kappa shape index (κ3) is 5.37. The number of carbonyl (C=O) groups is 1. The van der Waals surface area contributed by atoms with Gasteiger partial charge in [0, 0.05) is 5.56 Å². The van der Waals surface area contributed by atoms with E-state index in [1.165, 1.54) is 54.6 Å². The summed E-state index contributed by atoms with van der Waals surface area (Å²) in [5.41, 5.74) is 0.852. The van der Waals surface area contributed by atoms with E-state index in [9.17, 15) is 22.4 Å². The molecule has 3 rings (SSSR count). The number of alkyl halides is 3. The van der Waals surface area contributed by atoms with Gasteiger partial charge in [-0.05, 0) is 48.9 Å². The highest BCUT2D eigenvalue weighted by Gasteiger charge is 2.45. The average molecular weight is 418 g/mol. The molecule has 7 heteroatoms. The second-order valence-corrected chi connectivity index (χ2v) is 6.63. The van der Waals surface area contributed by atoms with Crippen LogP contribution in [0, 0.1) is 12.7 Å². The van der Waals surface area contributed by atoms with Crippen LogP contribution < -0.4 is 4.74 Å². The molecule has 30 heavy (non-hydrogen) atoms. The maximum atomic E-state index is 13.8. The largest absolute Gasteiger partial charge is 0.489 e. The van der Waals surface area contributed by atoms with Crippen LogP contribution in [0.25, 0.3) is 0 Å². The predicted molar refractivity (Wildman–Crippen MR) is 103 cm³/mol. The van der Waals surface area contributed by atoms with Gasteiger partial charge in [-0.25, -0.2) is 9.18 Å². The molecule has 0 N–H and O–H groups in total. The van der Waals surface area contributed by atoms with Gasteiger partial charge in [0.05, 0.1) is 5.56 Å². The van der Waals surface area contributed by atoms with Crippen LogP contribution in [0.1, 0.15) is 33.2 Å². The first-order valence-electron chi connectivity index (χ1n) is 9.04. The Hall–Kier alpha value is -3.35. The highest BCUT2D eigenvalue weighted by Crippen LogP contribution is 2.38. The molecule has 0 aromatic heterocycles. The van der Waals surface area contributed by atoms with Crippen LogP contribution in [0.3, 0.4) is 0 Å². The Bertz CT molecular complexity index is 996. The van der Waals surface area contributed by atoms with Gasteiger partial charge in [0.25, 0.3) is 0 Å². The van der Waals surface area contributed by atoms with Gasteiger partial charge in [-0.3, -0.25) is 0 Å². The van der Waals surface area contributed by atoms with Gasteiger partial charge >= 0.3 is 12.1 Å². The molecule has 3 aromatic carbocycles. The summed E-state index contributed by atoms with van der Waals surface area (Å²) in [6.45, 7) is 1.58. The van der Waals surface area contributed by atoms with Crippen LogP contribution in [0.4, 0.5) is 17.6 Å². The van der Waals surface area contributed by atoms with Gasteiger partial charge in [-0.2, -0.15) is 13.2 Å². The molecule has 1 atom stereocenters. The molecule has 0 radical (unpaired) electrons. The molecular formula is C23H18F4O3.